The van der Waals surface area contributed by atoms with E-state index in [0.717, 1.165) is 38.0 Å². The first-order valence-electron chi connectivity index (χ1n) is 12.6. The number of hydrogen-bond donors (Lipinski definition) is 1. The van der Waals surface area contributed by atoms with Crippen molar-refractivity contribution in [1.82, 2.24) is 19.7 Å². The largest absolute Gasteiger partial charge is 0.346 e. The van der Waals surface area contributed by atoms with Crippen molar-refractivity contribution in [2.24, 2.45) is 7.05 Å². The standard InChI is InChI=1S/C28H29FN4O3/c1-31-20(12-18-4-2-3-5-24(18)31)16-32-10-8-17(9-11-32)21-13-19-15-33(28(36)22(19)14-23(21)29)25-6-7-26(34)30-27(25)35/h2-5,12-14,17,25H,6-11,15-16H2,1H3,(H,30,34,35). The first-order valence-corrected chi connectivity index (χ1v) is 12.6. The molecule has 3 aliphatic heterocycles. The third-order valence-corrected chi connectivity index (χ3v) is 8.10. The number of halogens is 1. The molecular weight excluding hydrogens is 459 g/mol. The van der Waals surface area contributed by atoms with Crippen LogP contribution in [0.4, 0.5) is 4.39 Å². The maximum Gasteiger partial charge on any atom is 0.255 e. The number of rotatable bonds is 4. The fraction of sp³-hybridized carbons (Fsp3) is 0.393. The van der Waals surface area contributed by atoms with Crippen LogP contribution in [-0.2, 0) is 29.7 Å². The van der Waals surface area contributed by atoms with Gasteiger partial charge in [-0.05, 0) is 73.0 Å². The molecule has 1 atom stereocenters. The molecule has 0 saturated carbocycles. The number of aromatic nitrogens is 1. The Hall–Kier alpha value is -3.52. The summed E-state index contributed by atoms with van der Waals surface area (Å²) in [4.78, 5) is 40.6. The van der Waals surface area contributed by atoms with Crippen LogP contribution in [0.15, 0.2) is 42.5 Å². The second-order valence-corrected chi connectivity index (χ2v) is 10.2. The third kappa shape index (κ3) is 3.89. The zero-order valence-corrected chi connectivity index (χ0v) is 20.3. The van der Waals surface area contributed by atoms with E-state index in [1.807, 2.05) is 6.07 Å². The molecule has 0 spiro atoms. The highest BCUT2D eigenvalue weighted by Crippen LogP contribution is 2.36. The Morgan fingerprint density at radius 1 is 1.03 bits per heavy atom. The van der Waals surface area contributed by atoms with Crippen LogP contribution in [0, 0.1) is 5.82 Å². The van der Waals surface area contributed by atoms with Crippen LogP contribution in [0.5, 0.6) is 0 Å². The monoisotopic (exact) mass is 488 g/mol. The van der Waals surface area contributed by atoms with Gasteiger partial charge in [-0.2, -0.15) is 0 Å². The Morgan fingerprint density at radius 2 is 1.81 bits per heavy atom. The van der Waals surface area contributed by atoms with Crippen LogP contribution in [-0.4, -0.2) is 51.2 Å². The van der Waals surface area contributed by atoms with Crippen LogP contribution in [0.2, 0.25) is 0 Å². The molecule has 0 aliphatic carbocycles. The van der Waals surface area contributed by atoms with Crippen molar-refractivity contribution in [1.29, 1.82) is 0 Å². The van der Waals surface area contributed by atoms with Gasteiger partial charge in [-0.1, -0.05) is 24.3 Å². The molecule has 0 radical (unpaired) electrons. The van der Waals surface area contributed by atoms with Gasteiger partial charge in [-0.3, -0.25) is 24.6 Å². The molecule has 4 heterocycles. The van der Waals surface area contributed by atoms with E-state index in [-0.39, 0.29) is 36.5 Å². The van der Waals surface area contributed by atoms with Crippen LogP contribution < -0.4 is 5.32 Å². The number of fused-ring (bicyclic) bond motifs is 2. The lowest BCUT2D eigenvalue weighted by molar-refractivity contribution is -0.136. The van der Waals surface area contributed by atoms with Crippen molar-refractivity contribution in [3.8, 4) is 0 Å². The lowest BCUT2D eigenvalue weighted by Gasteiger charge is -2.32. The number of amides is 3. The smallest absolute Gasteiger partial charge is 0.255 e. The van der Waals surface area contributed by atoms with E-state index in [0.29, 0.717) is 17.5 Å². The molecule has 1 N–H and O–H groups in total. The fourth-order valence-corrected chi connectivity index (χ4v) is 6.05. The number of carbonyl (C=O) groups is 3. The summed E-state index contributed by atoms with van der Waals surface area (Å²) in [6, 6.07) is 13.1. The maximum atomic E-state index is 15.2. The van der Waals surface area contributed by atoms with Crippen LogP contribution in [0.3, 0.4) is 0 Å². The average Bonchev–Trinajstić information content (AvgIpc) is 3.35. The van der Waals surface area contributed by atoms with Gasteiger partial charge in [0.15, 0.2) is 0 Å². The molecule has 7 nitrogen and oxygen atoms in total. The second kappa shape index (κ2) is 8.85. The first kappa shape index (κ1) is 22.9. The lowest BCUT2D eigenvalue weighted by atomic mass is 9.87. The summed E-state index contributed by atoms with van der Waals surface area (Å²) in [5.41, 5.74) is 4.25. The number of nitrogens with one attached hydrogen (secondary N) is 1. The van der Waals surface area contributed by atoms with E-state index in [1.54, 1.807) is 0 Å². The molecule has 1 unspecified atom stereocenters. The average molecular weight is 489 g/mol. The van der Waals surface area contributed by atoms with Gasteiger partial charge in [0.1, 0.15) is 11.9 Å². The number of likely N-dealkylation sites (tertiary alicyclic amines) is 1. The normalized spacial score (nSPS) is 21.3. The fourth-order valence-electron chi connectivity index (χ4n) is 6.05. The van der Waals surface area contributed by atoms with Crippen molar-refractivity contribution < 1.29 is 18.8 Å². The quantitative estimate of drug-likeness (QED) is 0.571. The number of aryl methyl sites for hydroxylation is 1. The molecule has 2 aromatic carbocycles. The highest BCUT2D eigenvalue weighted by atomic mass is 19.1. The van der Waals surface area contributed by atoms with E-state index in [9.17, 15) is 14.4 Å². The first-order chi connectivity index (χ1) is 17.4. The topological polar surface area (TPSA) is 74.7 Å². The molecule has 2 fully saturated rings. The zero-order chi connectivity index (χ0) is 25.0. The minimum absolute atomic E-state index is 0.0961. The van der Waals surface area contributed by atoms with Crippen molar-refractivity contribution >= 4 is 28.6 Å². The summed E-state index contributed by atoms with van der Waals surface area (Å²) >= 11 is 0. The van der Waals surface area contributed by atoms with Gasteiger partial charge in [-0.25, -0.2) is 4.39 Å². The number of para-hydroxylation sites is 1. The Morgan fingerprint density at radius 3 is 2.56 bits per heavy atom. The summed E-state index contributed by atoms with van der Waals surface area (Å²) in [7, 11) is 2.10. The molecule has 0 bridgehead atoms. The summed E-state index contributed by atoms with van der Waals surface area (Å²) < 4.78 is 17.4. The lowest BCUT2D eigenvalue weighted by Crippen LogP contribution is -2.52. The summed E-state index contributed by atoms with van der Waals surface area (Å²) in [6.07, 6.45) is 2.21. The predicted octanol–water partition coefficient (Wildman–Crippen LogP) is 3.46. The second-order valence-electron chi connectivity index (χ2n) is 10.2. The van der Waals surface area contributed by atoms with Crippen LogP contribution in [0.1, 0.15) is 58.8 Å². The SMILES string of the molecule is Cn1c(CN2CCC(c3cc4c(cc3F)C(=O)N(C3CCC(=O)NC3=O)C4)CC2)cc2ccccc21. The third-order valence-electron chi connectivity index (χ3n) is 8.10. The van der Waals surface area contributed by atoms with E-state index >= 15 is 4.39 Å². The number of carbonyl (C=O) groups excluding carboxylic acids is 3. The van der Waals surface area contributed by atoms with Crippen molar-refractivity contribution in [2.75, 3.05) is 13.1 Å². The Labute approximate surface area is 208 Å². The number of benzene rings is 2. The van der Waals surface area contributed by atoms with Gasteiger partial charge < -0.3 is 9.47 Å². The molecule has 6 rings (SSSR count). The van der Waals surface area contributed by atoms with Crippen molar-refractivity contribution in [3.63, 3.8) is 0 Å². The van der Waals surface area contributed by atoms with Gasteiger partial charge in [0.25, 0.3) is 5.91 Å². The number of imide groups is 1. The van der Waals surface area contributed by atoms with Crippen molar-refractivity contribution in [2.45, 2.75) is 50.7 Å². The summed E-state index contributed by atoms with van der Waals surface area (Å²) in [6.45, 7) is 2.89. The molecule has 3 amide bonds. The number of piperidine rings is 2. The Balaban J connectivity index is 1.14. The van der Waals surface area contributed by atoms with Gasteiger partial charge in [0.2, 0.25) is 11.8 Å². The highest BCUT2D eigenvalue weighted by Gasteiger charge is 2.40. The molecule has 2 saturated heterocycles. The predicted molar refractivity (Wildman–Crippen MR) is 133 cm³/mol. The number of hydrogen-bond acceptors (Lipinski definition) is 4. The van der Waals surface area contributed by atoms with Crippen LogP contribution in [0.25, 0.3) is 10.9 Å². The van der Waals surface area contributed by atoms with Crippen LogP contribution >= 0.6 is 0 Å². The minimum Gasteiger partial charge on any atom is -0.346 e. The van der Waals surface area contributed by atoms with E-state index < -0.39 is 11.9 Å². The molecule has 1 aromatic heterocycles. The Kier molecular flexibility index (Phi) is 5.63. The van der Waals surface area contributed by atoms with Gasteiger partial charge in [0.05, 0.1) is 0 Å². The molecule has 3 aromatic rings. The summed E-state index contributed by atoms with van der Waals surface area (Å²) in [5, 5.41) is 3.55. The van der Waals surface area contributed by atoms with Gasteiger partial charge in [0, 0.05) is 43.3 Å². The Bertz CT molecular complexity index is 1390. The molecule has 8 heteroatoms. The van der Waals surface area contributed by atoms with Gasteiger partial charge in [-0.15, -0.1) is 0 Å². The van der Waals surface area contributed by atoms with Crippen molar-refractivity contribution in [3.05, 3.63) is 70.7 Å². The van der Waals surface area contributed by atoms with E-state index in [1.165, 1.54) is 27.6 Å². The molecule has 3 aliphatic rings. The zero-order valence-electron chi connectivity index (χ0n) is 20.3. The molecular formula is C28H29FN4O3. The molecule has 186 valence electrons. The highest BCUT2D eigenvalue weighted by molar-refractivity contribution is 6.05. The van der Waals surface area contributed by atoms with Gasteiger partial charge >= 0.3 is 0 Å². The minimum atomic E-state index is -0.688. The van der Waals surface area contributed by atoms with E-state index in [2.05, 4.69) is 52.2 Å². The summed E-state index contributed by atoms with van der Waals surface area (Å²) in [5.74, 6) is -1.36. The number of nitrogens with zero attached hydrogens (tertiary/aromatic N) is 3. The maximum absolute atomic E-state index is 15.2. The van der Waals surface area contributed by atoms with E-state index in [4.69, 9.17) is 0 Å². The molecule has 36 heavy (non-hydrogen) atoms.